The highest BCUT2D eigenvalue weighted by Crippen LogP contribution is 2.28. The summed E-state index contributed by atoms with van der Waals surface area (Å²) < 4.78 is 2.24. The van der Waals surface area contributed by atoms with Gasteiger partial charge in [0, 0.05) is 17.3 Å². The SMILES string of the molecule is C=CCn1c2c[c]ccc2c2cc[c]cc21. The number of hydrogen-bond acceptors (Lipinski definition) is 0. The number of fused-ring (bicyclic) bond motifs is 3. The molecule has 2 aromatic carbocycles. The van der Waals surface area contributed by atoms with Crippen molar-refractivity contribution in [3.05, 3.63) is 61.2 Å². The van der Waals surface area contributed by atoms with E-state index in [0.29, 0.717) is 0 Å². The standard InChI is InChI=1S/C15H11N/c1-2-11-16-14-9-5-3-7-12(14)13-8-4-6-10-15(13)16/h2-4,7-10H,1,11H2. The topological polar surface area (TPSA) is 4.93 Å². The molecule has 2 radical (unpaired) electrons. The molecule has 0 unspecified atom stereocenters. The minimum Gasteiger partial charge on any atom is -0.337 e. The van der Waals surface area contributed by atoms with E-state index in [-0.39, 0.29) is 0 Å². The van der Waals surface area contributed by atoms with Crippen LogP contribution in [0.4, 0.5) is 0 Å². The lowest BCUT2D eigenvalue weighted by Gasteiger charge is -2.02. The largest absolute Gasteiger partial charge is 0.337 e. The van der Waals surface area contributed by atoms with Crippen LogP contribution in [0.5, 0.6) is 0 Å². The highest BCUT2D eigenvalue weighted by atomic mass is 15.0. The lowest BCUT2D eigenvalue weighted by molar-refractivity contribution is 0.901. The van der Waals surface area contributed by atoms with Gasteiger partial charge in [-0.15, -0.1) is 6.58 Å². The first-order valence-electron chi connectivity index (χ1n) is 5.31. The second-order valence-electron chi connectivity index (χ2n) is 3.79. The molecule has 0 bridgehead atoms. The Morgan fingerprint density at radius 2 is 1.62 bits per heavy atom. The minimum absolute atomic E-state index is 0.815. The molecular weight excluding hydrogens is 194 g/mol. The third kappa shape index (κ3) is 1.18. The Morgan fingerprint density at radius 1 is 1.06 bits per heavy atom. The fourth-order valence-corrected chi connectivity index (χ4v) is 2.20. The van der Waals surface area contributed by atoms with Crippen LogP contribution in [0.2, 0.25) is 0 Å². The van der Waals surface area contributed by atoms with Gasteiger partial charge in [0.1, 0.15) is 0 Å². The molecule has 1 heterocycles. The van der Waals surface area contributed by atoms with Gasteiger partial charge in [0.15, 0.2) is 0 Å². The summed E-state index contributed by atoms with van der Waals surface area (Å²) in [7, 11) is 0. The second-order valence-corrected chi connectivity index (χ2v) is 3.79. The summed E-state index contributed by atoms with van der Waals surface area (Å²) in [5.74, 6) is 0. The maximum atomic E-state index is 3.81. The molecule has 0 saturated heterocycles. The Balaban J connectivity index is 2.53. The minimum atomic E-state index is 0.815. The van der Waals surface area contributed by atoms with Gasteiger partial charge in [0.05, 0.1) is 11.0 Å². The van der Waals surface area contributed by atoms with Crippen LogP contribution in [0.3, 0.4) is 0 Å². The van der Waals surface area contributed by atoms with Crippen molar-refractivity contribution in [3.8, 4) is 0 Å². The van der Waals surface area contributed by atoms with Gasteiger partial charge in [-0.05, 0) is 24.3 Å². The predicted molar refractivity (Wildman–Crippen MR) is 67.3 cm³/mol. The number of aromatic nitrogens is 1. The van der Waals surface area contributed by atoms with Gasteiger partial charge in [0.2, 0.25) is 0 Å². The number of benzene rings is 2. The summed E-state index contributed by atoms with van der Waals surface area (Å²) in [5.41, 5.74) is 2.41. The zero-order valence-electron chi connectivity index (χ0n) is 8.90. The molecule has 0 N–H and O–H groups in total. The first-order valence-corrected chi connectivity index (χ1v) is 5.31. The average Bonchev–Trinajstić information content (AvgIpc) is 2.66. The van der Waals surface area contributed by atoms with Gasteiger partial charge in [-0.25, -0.2) is 0 Å². The molecule has 0 saturated carbocycles. The predicted octanol–water partition coefficient (Wildman–Crippen LogP) is 3.58. The summed E-state index contributed by atoms with van der Waals surface area (Å²) in [6, 6.07) is 18.4. The highest BCUT2D eigenvalue weighted by Gasteiger charge is 2.07. The van der Waals surface area contributed by atoms with Gasteiger partial charge in [0.25, 0.3) is 0 Å². The summed E-state index contributed by atoms with van der Waals surface area (Å²) in [5, 5.41) is 2.54. The number of nitrogens with zero attached hydrogens (tertiary/aromatic N) is 1. The Bertz CT molecular complexity index is 608. The van der Waals surface area contributed by atoms with Crippen LogP contribution < -0.4 is 0 Å². The van der Waals surface area contributed by atoms with E-state index in [4.69, 9.17) is 0 Å². The van der Waals surface area contributed by atoms with Crippen molar-refractivity contribution < 1.29 is 0 Å². The highest BCUT2D eigenvalue weighted by molar-refractivity contribution is 6.07. The zero-order valence-corrected chi connectivity index (χ0v) is 8.90. The van der Waals surface area contributed by atoms with E-state index >= 15 is 0 Å². The summed E-state index contributed by atoms with van der Waals surface area (Å²) in [6.45, 7) is 4.62. The molecule has 0 fully saturated rings. The van der Waals surface area contributed by atoms with Crippen LogP contribution in [-0.4, -0.2) is 4.57 Å². The number of hydrogen-bond donors (Lipinski definition) is 0. The van der Waals surface area contributed by atoms with Gasteiger partial charge < -0.3 is 4.57 Å². The Hall–Kier alpha value is -2.02. The molecule has 3 rings (SSSR count). The monoisotopic (exact) mass is 205 g/mol. The third-order valence-corrected chi connectivity index (χ3v) is 2.87. The summed E-state index contributed by atoms with van der Waals surface area (Å²) in [6.07, 6.45) is 1.92. The van der Waals surface area contributed by atoms with E-state index in [2.05, 4.69) is 35.4 Å². The Kier molecular flexibility index (Phi) is 2.03. The van der Waals surface area contributed by atoms with Crippen molar-refractivity contribution in [2.24, 2.45) is 0 Å². The van der Waals surface area contributed by atoms with E-state index in [9.17, 15) is 0 Å². The van der Waals surface area contributed by atoms with Crippen molar-refractivity contribution in [2.75, 3.05) is 0 Å². The van der Waals surface area contributed by atoms with E-state index in [1.165, 1.54) is 21.8 Å². The van der Waals surface area contributed by atoms with E-state index in [0.717, 1.165) is 6.54 Å². The molecule has 1 heteroatoms. The van der Waals surface area contributed by atoms with Crippen molar-refractivity contribution >= 4 is 21.8 Å². The normalized spacial score (nSPS) is 11.0. The van der Waals surface area contributed by atoms with E-state index in [1.54, 1.807) is 0 Å². The third-order valence-electron chi connectivity index (χ3n) is 2.87. The van der Waals surface area contributed by atoms with E-state index < -0.39 is 0 Å². The first kappa shape index (κ1) is 9.22. The summed E-state index contributed by atoms with van der Waals surface area (Å²) >= 11 is 0. The van der Waals surface area contributed by atoms with Crippen LogP contribution in [0.15, 0.2) is 49.1 Å². The lowest BCUT2D eigenvalue weighted by Crippen LogP contribution is -1.93. The van der Waals surface area contributed by atoms with Crippen LogP contribution >= 0.6 is 0 Å². The maximum Gasteiger partial charge on any atom is 0.0500 e. The van der Waals surface area contributed by atoms with Crippen LogP contribution in [-0.2, 0) is 6.54 Å². The molecule has 76 valence electrons. The number of allylic oxidation sites excluding steroid dienone is 1. The molecule has 1 nitrogen and oxygen atoms in total. The van der Waals surface area contributed by atoms with E-state index in [1.807, 2.05) is 30.3 Å². The Labute approximate surface area is 94.6 Å². The smallest absolute Gasteiger partial charge is 0.0500 e. The van der Waals surface area contributed by atoms with Gasteiger partial charge >= 0.3 is 0 Å². The molecule has 0 spiro atoms. The van der Waals surface area contributed by atoms with Crippen molar-refractivity contribution in [1.82, 2.24) is 4.57 Å². The van der Waals surface area contributed by atoms with Gasteiger partial charge in [-0.3, -0.25) is 0 Å². The quantitative estimate of drug-likeness (QED) is 0.563. The molecule has 0 atom stereocenters. The fourth-order valence-electron chi connectivity index (χ4n) is 2.20. The summed E-state index contributed by atoms with van der Waals surface area (Å²) in [4.78, 5) is 0. The van der Waals surface area contributed by atoms with Crippen molar-refractivity contribution in [2.45, 2.75) is 6.54 Å². The average molecular weight is 205 g/mol. The van der Waals surface area contributed by atoms with Crippen molar-refractivity contribution in [1.29, 1.82) is 0 Å². The zero-order chi connectivity index (χ0) is 11.0. The molecule has 0 aliphatic rings. The molecule has 0 aliphatic carbocycles. The van der Waals surface area contributed by atoms with Crippen LogP contribution in [0.25, 0.3) is 21.8 Å². The molecule has 1 aromatic heterocycles. The second kappa shape index (κ2) is 3.53. The molecule has 0 aliphatic heterocycles. The molecule has 16 heavy (non-hydrogen) atoms. The fraction of sp³-hybridized carbons (Fsp3) is 0.0667. The maximum absolute atomic E-state index is 3.81. The number of rotatable bonds is 2. The molecule has 3 aromatic rings. The van der Waals surface area contributed by atoms with Crippen LogP contribution in [0, 0.1) is 12.1 Å². The molecule has 0 amide bonds. The first-order chi connectivity index (χ1) is 7.92. The lowest BCUT2D eigenvalue weighted by atomic mass is 10.2. The van der Waals surface area contributed by atoms with Gasteiger partial charge in [-0.1, -0.05) is 30.3 Å². The van der Waals surface area contributed by atoms with Crippen molar-refractivity contribution in [3.63, 3.8) is 0 Å². The Morgan fingerprint density at radius 3 is 2.12 bits per heavy atom. The van der Waals surface area contributed by atoms with Gasteiger partial charge in [-0.2, -0.15) is 0 Å². The van der Waals surface area contributed by atoms with Crippen LogP contribution in [0.1, 0.15) is 0 Å². The molecular formula is C15H11N.